The molecule has 0 aromatic carbocycles. The van der Waals surface area contributed by atoms with Crippen molar-refractivity contribution >= 4 is 5.91 Å². The first-order chi connectivity index (χ1) is 11.2. The second-order valence-electron chi connectivity index (χ2n) is 6.71. The van der Waals surface area contributed by atoms with Gasteiger partial charge in [0, 0.05) is 51.4 Å². The van der Waals surface area contributed by atoms with E-state index in [1.165, 1.54) is 11.1 Å². The molecule has 1 aromatic rings. The van der Waals surface area contributed by atoms with Crippen molar-refractivity contribution in [3.05, 3.63) is 29.1 Å². The van der Waals surface area contributed by atoms with Gasteiger partial charge in [0.05, 0.1) is 18.8 Å². The minimum atomic E-state index is -0.437. The van der Waals surface area contributed by atoms with E-state index in [2.05, 4.69) is 16.9 Å². The maximum absolute atomic E-state index is 12.9. The second-order valence-corrected chi connectivity index (χ2v) is 6.71. The van der Waals surface area contributed by atoms with Crippen LogP contribution in [0.4, 0.5) is 0 Å². The van der Waals surface area contributed by atoms with E-state index in [1.54, 1.807) is 6.20 Å². The number of aromatic nitrogens is 1. The molecule has 0 bridgehead atoms. The molecule has 0 unspecified atom stereocenters. The van der Waals surface area contributed by atoms with E-state index in [0.29, 0.717) is 26.3 Å². The van der Waals surface area contributed by atoms with E-state index in [0.717, 1.165) is 37.9 Å². The van der Waals surface area contributed by atoms with Crippen molar-refractivity contribution < 1.29 is 14.3 Å². The van der Waals surface area contributed by atoms with E-state index in [1.807, 2.05) is 11.1 Å². The number of carbonyl (C=O) groups is 1. The van der Waals surface area contributed by atoms with E-state index in [-0.39, 0.29) is 5.91 Å². The van der Waals surface area contributed by atoms with Gasteiger partial charge in [-0.3, -0.25) is 9.78 Å². The number of likely N-dealkylation sites (tertiary alicyclic amines) is 1. The van der Waals surface area contributed by atoms with Crippen molar-refractivity contribution in [3.8, 4) is 0 Å². The molecule has 2 saturated heterocycles. The number of likely N-dealkylation sites (N-methyl/N-ethyl adjacent to an activating group) is 1. The fourth-order valence-electron chi connectivity index (χ4n) is 3.83. The zero-order valence-corrected chi connectivity index (χ0v) is 13.6. The van der Waals surface area contributed by atoms with Crippen LogP contribution in [0, 0.1) is 0 Å². The van der Waals surface area contributed by atoms with Crippen LogP contribution in [0.15, 0.2) is 12.4 Å². The molecule has 1 amide bonds. The molecule has 2 fully saturated rings. The quantitative estimate of drug-likeness (QED) is 0.775. The number of hydrogen-bond acceptors (Lipinski definition) is 5. The van der Waals surface area contributed by atoms with Crippen molar-refractivity contribution in [3.63, 3.8) is 0 Å². The van der Waals surface area contributed by atoms with Gasteiger partial charge in [-0.25, -0.2) is 0 Å². The fraction of sp³-hybridized carbons (Fsp3) is 0.647. The summed E-state index contributed by atoms with van der Waals surface area (Å²) in [5.74, 6) is -0.333. The van der Waals surface area contributed by atoms with Gasteiger partial charge >= 0.3 is 0 Å². The van der Waals surface area contributed by atoms with Crippen LogP contribution in [0.25, 0.3) is 0 Å². The Balaban J connectivity index is 1.51. The van der Waals surface area contributed by atoms with Crippen LogP contribution in [0.2, 0.25) is 0 Å². The highest BCUT2D eigenvalue weighted by molar-refractivity contribution is 5.95. The molecular formula is C17H23N3O3. The molecule has 1 spiro atoms. The molecule has 6 nitrogen and oxygen atoms in total. The van der Waals surface area contributed by atoms with Gasteiger partial charge in [-0.05, 0) is 24.6 Å². The summed E-state index contributed by atoms with van der Waals surface area (Å²) in [7, 11) is 2.10. The molecule has 0 saturated carbocycles. The molecule has 1 aromatic heterocycles. The number of rotatable bonds is 1. The maximum atomic E-state index is 12.9. The van der Waals surface area contributed by atoms with Crippen LogP contribution in [0.5, 0.6) is 0 Å². The van der Waals surface area contributed by atoms with E-state index < -0.39 is 5.79 Å². The van der Waals surface area contributed by atoms with Crippen molar-refractivity contribution in [2.45, 2.75) is 31.6 Å². The van der Waals surface area contributed by atoms with Crippen LogP contribution >= 0.6 is 0 Å². The van der Waals surface area contributed by atoms with Crippen LogP contribution in [-0.4, -0.2) is 66.4 Å². The molecule has 0 aliphatic carbocycles. The van der Waals surface area contributed by atoms with Gasteiger partial charge in [0.25, 0.3) is 5.91 Å². The van der Waals surface area contributed by atoms with Crippen LogP contribution in [0.3, 0.4) is 0 Å². The summed E-state index contributed by atoms with van der Waals surface area (Å²) in [5, 5.41) is 0. The van der Waals surface area contributed by atoms with Crippen LogP contribution in [0.1, 0.15) is 34.3 Å². The number of amides is 1. The summed E-state index contributed by atoms with van der Waals surface area (Å²) in [6.07, 6.45) is 6.06. The third-order valence-electron chi connectivity index (χ3n) is 5.19. The van der Waals surface area contributed by atoms with Gasteiger partial charge in [0.2, 0.25) is 0 Å². The molecule has 6 heteroatoms. The number of carbonyl (C=O) groups excluding carboxylic acids is 1. The predicted molar refractivity (Wildman–Crippen MR) is 84.0 cm³/mol. The van der Waals surface area contributed by atoms with E-state index in [4.69, 9.17) is 9.47 Å². The van der Waals surface area contributed by atoms with Gasteiger partial charge in [-0.2, -0.15) is 0 Å². The maximum Gasteiger partial charge on any atom is 0.255 e. The molecule has 0 atom stereocenters. The summed E-state index contributed by atoms with van der Waals surface area (Å²) in [4.78, 5) is 21.4. The van der Waals surface area contributed by atoms with Gasteiger partial charge < -0.3 is 19.3 Å². The van der Waals surface area contributed by atoms with Crippen molar-refractivity contribution in [2.24, 2.45) is 0 Å². The minimum absolute atomic E-state index is 0.103. The van der Waals surface area contributed by atoms with Crippen molar-refractivity contribution in [2.75, 3.05) is 39.9 Å². The molecule has 4 rings (SSSR count). The molecule has 4 heterocycles. The fourth-order valence-corrected chi connectivity index (χ4v) is 3.83. The highest BCUT2D eigenvalue weighted by Gasteiger charge is 2.41. The largest absolute Gasteiger partial charge is 0.347 e. The molecule has 23 heavy (non-hydrogen) atoms. The lowest BCUT2D eigenvalue weighted by Crippen LogP contribution is -2.47. The molecular weight excluding hydrogens is 294 g/mol. The highest BCUT2D eigenvalue weighted by Crippen LogP contribution is 2.32. The first-order valence-corrected chi connectivity index (χ1v) is 8.38. The molecule has 0 radical (unpaired) electrons. The van der Waals surface area contributed by atoms with Gasteiger partial charge in [-0.15, -0.1) is 0 Å². The number of fused-ring (bicyclic) bond motifs is 1. The number of nitrogens with zero attached hydrogens (tertiary/aromatic N) is 3. The van der Waals surface area contributed by atoms with E-state index >= 15 is 0 Å². The summed E-state index contributed by atoms with van der Waals surface area (Å²) < 4.78 is 11.5. The third-order valence-corrected chi connectivity index (χ3v) is 5.19. The SMILES string of the molecule is CN1CCc2c(cncc2C(=O)N2CCC3(CC2)OCCO3)C1. The number of pyridine rings is 1. The topological polar surface area (TPSA) is 54.9 Å². The van der Waals surface area contributed by atoms with Gasteiger partial charge in [0.15, 0.2) is 5.79 Å². The molecule has 3 aliphatic heterocycles. The number of ether oxygens (including phenoxy) is 2. The van der Waals surface area contributed by atoms with E-state index in [9.17, 15) is 4.79 Å². The molecule has 3 aliphatic rings. The number of hydrogen-bond donors (Lipinski definition) is 0. The van der Waals surface area contributed by atoms with Crippen LogP contribution in [-0.2, 0) is 22.4 Å². The predicted octanol–water partition coefficient (Wildman–Crippen LogP) is 1.05. The smallest absolute Gasteiger partial charge is 0.255 e. The lowest BCUT2D eigenvalue weighted by molar-refractivity contribution is -0.181. The summed E-state index contributed by atoms with van der Waals surface area (Å²) in [5.41, 5.74) is 3.14. The highest BCUT2D eigenvalue weighted by atomic mass is 16.7. The Kier molecular flexibility index (Phi) is 3.83. The monoisotopic (exact) mass is 317 g/mol. The first kappa shape index (κ1) is 15.1. The van der Waals surface area contributed by atoms with Crippen molar-refractivity contribution in [1.29, 1.82) is 0 Å². The van der Waals surface area contributed by atoms with Crippen molar-refractivity contribution in [1.82, 2.24) is 14.8 Å². The van der Waals surface area contributed by atoms with Gasteiger partial charge in [0.1, 0.15) is 0 Å². The Morgan fingerprint density at radius 1 is 1.17 bits per heavy atom. The van der Waals surface area contributed by atoms with Crippen LogP contribution < -0.4 is 0 Å². The van der Waals surface area contributed by atoms with Gasteiger partial charge in [-0.1, -0.05) is 0 Å². The summed E-state index contributed by atoms with van der Waals surface area (Å²) in [6.45, 7) is 4.55. The average molecular weight is 317 g/mol. The minimum Gasteiger partial charge on any atom is -0.347 e. The summed E-state index contributed by atoms with van der Waals surface area (Å²) in [6, 6.07) is 0. The first-order valence-electron chi connectivity index (χ1n) is 8.38. The number of piperidine rings is 1. The normalized spacial score (nSPS) is 24.0. The third kappa shape index (κ3) is 2.75. The average Bonchev–Trinajstić information content (AvgIpc) is 3.02. The Morgan fingerprint density at radius 3 is 2.65 bits per heavy atom. The summed E-state index contributed by atoms with van der Waals surface area (Å²) >= 11 is 0. The second kappa shape index (κ2) is 5.85. The Bertz CT molecular complexity index is 603. The standard InChI is InChI=1S/C17H23N3O3/c1-19-5-2-14-13(12-19)10-18-11-15(14)16(21)20-6-3-17(4-7-20)22-8-9-23-17/h10-11H,2-9,12H2,1H3. The lowest BCUT2D eigenvalue weighted by atomic mass is 9.95. The Morgan fingerprint density at radius 2 is 1.91 bits per heavy atom. The zero-order chi connectivity index (χ0) is 15.9. The Labute approximate surface area is 136 Å². The lowest BCUT2D eigenvalue weighted by Gasteiger charge is -2.38. The molecule has 0 N–H and O–H groups in total. The Hall–Kier alpha value is -1.50. The molecule has 124 valence electrons. The zero-order valence-electron chi connectivity index (χ0n) is 13.6.